The lowest BCUT2D eigenvalue weighted by atomic mass is 9.39. The quantitative estimate of drug-likeness (QED) is 0.0445. The lowest BCUT2D eigenvalue weighted by Crippen LogP contribution is -2.73. The number of allylic oxidation sites excluding steroid dienone is 2. The van der Waals surface area contributed by atoms with Gasteiger partial charge in [-0.15, -0.1) is 0 Å². The number of phenols is 1. The van der Waals surface area contributed by atoms with Crippen molar-refractivity contribution in [2.45, 2.75) is 239 Å². The largest absolute Gasteiger partial charge is 0.504 e. The highest BCUT2D eigenvalue weighted by molar-refractivity contribution is 8.77. The van der Waals surface area contributed by atoms with Crippen LogP contribution in [0, 0.1) is 62.6 Å². The molecule has 0 aromatic heterocycles. The molecule has 15 heteroatoms. The number of nitrogens with zero attached hydrogens (tertiary/aromatic N) is 1. The number of rotatable bonds is 2. The van der Waals surface area contributed by atoms with Gasteiger partial charge >= 0.3 is 5.97 Å². The van der Waals surface area contributed by atoms with Crippen molar-refractivity contribution in [3.8, 4) is 23.3 Å². The van der Waals surface area contributed by atoms with Crippen molar-refractivity contribution < 1.29 is 39.8 Å². The Morgan fingerprint density at radius 1 is 0.899 bits per heavy atom. The van der Waals surface area contributed by atoms with E-state index in [1.807, 2.05) is 6.08 Å². The second-order valence-electron chi connectivity index (χ2n) is 28.0. The molecule has 2 saturated heterocycles. The number of aliphatic hydroxyl groups is 4. The first-order valence-electron chi connectivity index (χ1n) is 31.3. The second-order valence-corrected chi connectivity index (χ2v) is 30.7. The lowest BCUT2D eigenvalue weighted by Gasteiger charge is -2.68. The minimum Gasteiger partial charge on any atom is -0.504 e. The number of aliphatic imine (C=N–C) groups is 1. The molecule has 5 saturated carbocycles. The van der Waals surface area contributed by atoms with Crippen LogP contribution in [0.1, 0.15) is 191 Å². The number of aromatic hydroxyl groups is 1. The number of esters is 1. The maximum atomic E-state index is 13.2. The average Bonchev–Trinajstić information content (AvgIpc) is 3.51. The highest BCUT2D eigenvalue weighted by atomic mass is 33.1. The van der Waals surface area contributed by atoms with Crippen molar-refractivity contribution in [2.75, 3.05) is 18.8 Å². The van der Waals surface area contributed by atoms with E-state index in [1.165, 1.54) is 103 Å². The van der Waals surface area contributed by atoms with Crippen LogP contribution in [0.2, 0.25) is 0 Å². The van der Waals surface area contributed by atoms with Crippen LogP contribution in [-0.2, 0) is 16.0 Å². The van der Waals surface area contributed by atoms with Crippen molar-refractivity contribution in [2.24, 2.45) is 61.5 Å². The van der Waals surface area contributed by atoms with Crippen LogP contribution >= 0.6 is 21.6 Å². The number of guanidine groups is 1. The van der Waals surface area contributed by atoms with E-state index < -0.39 is 53.9 Å². The lowest BCUT2D eigenvalue weighted by molar-refractivity contribution is -0.152. The molecule has 7 spiro atoms. The van der Waals surface area contributed by atoms with Gasteiger partial charge in [0, 0.05) is 71.7 Å². The smallest absolute Gasteiger partial charge is 0.302 e. The van der Waals surface area contributed by atoms with E-state index in [0.29, 0.717) is 53.3 Å². The van der Waals surface area contributed by atoms with Crippen LogP contribution in [0.3, 0.4) is 0 Å². The topological polar surface area (TPSA) is 211 Å². The number of piperidine rings is 2. The van der Waals surface area contributed by atoms with Crippen LogP contribution in [0.15, 0.2) is 41.4 Å². The molecular formula is C64H91N5O8S2. The summed E-state index contributed by atoms with van der Waals surface area (Å²) in [6.07, 6.45) is 31.3. The third kappa shape index (κ3) is 9.53. The van der Waals surface area contributed by atoms with Gasteiger partial charge in [-0.25, -0.2) is 4.99 Å². The van der Waals surface area contributed by atoms with E-state index in [-0.39, 0.29) is 75.8 Å². The molecule has 8 aliphatic carbocycles. The first kappa shape index (κ1) is 55.3. The molecule has 0 amide bonds. The Bertz CT molecular complexity index is 2630. The molecule has 17 atom stereocenters. The summed E-state index contributed by atoms with van der Waals surface area (Å²) in [7, 11) is 4.20. The van der Waals surface area contributed by atoms with Crippen LogP contribution in [0.25, 0.3) is 0 Å². The molecular weight excluding hydrogens is 1030 g/mol. The Morgan fingerprint density at radius 2 is 1.75 bits per heavy atom. The van der Waals surface area contributed by atoms with E-state index in [1.54, 1.807) is 6.07 Å². The molecule has 1 aromatic rings. The van der Waals surface area contributed by atoms with Gasteiger partial charge in [-0.2, -0.15) is 0 Å². The number of hydrogen-bond acceptors (Lipinski definition) is 15. The number of nitrogens with two attached hydrogens (primary N) is 1. The SMILES string of the molecule is CC(=O)O[C@H]1C[C@@H](O)CC[C@]23C#C[C@H]4CCC[C@]5(C[C@H](CCN5)Oc5cc(c(C(O)O)cc5O)C[C@H]14)[C@H]1CC[C@H](CN1)SSC[C@]1(C[C@]45CCC[C@@H]4C=C[C@@H](C5)[C@]14CCC[C@@]41CCC4(CCCC4)C1)NC(N)=N[C@@H]2C=CC[C@@H]3O. The van der Waals surface area contributed by atoms with Gasteiger partial charge in [-0.3, -0.25) is 4.79 Å². The Kier molecular flexibility index (Phi) is 14.9. The molecule has 10 N–H and O–H groups in total. The number of carbonyl (C=O) groups excluding carboxylic acids is 1. The average molecular weight is 1120 g/mol. The summed E-state index contributed by atoms with van der Waals surface area (Å²) in [6.45, 7) is 3.04. The molecule has 432 valence electrons. The van der Waals surface area contributed by atoms with Crippen LogP contribution in [-0.4, -0.2) is 109 Å². The molecule has 0 unspecified atom stereocenters. The molecule has 5 heterocycles. The molecule has 1 aromatic carbocycles. The van der Waals surface area contributed by atoms with E-state index in [9.17, 15) is 30.3 Å². The van der Waals surface area contributed by atoms with E-state index >= 15 is 0 Å². The Morgan fingerprint density at radius 3 is 2.57 bits per heavy atom. The fourth-order valence-electron chi connectivity index (χ4n) is 20.8. The van der Waals surface area contributed by atoms with Crippen molar-refractivity contribution in [1.82, 2.24) is 16.0 Å². The molecule has 10 bridgehead atoms. The Labute approximate surface area is 477 Å². The number of hydrogen-bond donors (Lipinski definition) is 9. The van der Waals surface area contributed by atoms with Gasteiger partial charge in [-0.1, -0.05) is 89.8 Å². The molecule has 14 rings (SSSR count). The normalized spacial score (nSPS) is 45.3. The van der Waals surface area contributed by atoms with Crippen molar-refractivity contribution in [3.05, 3.63) is 47.6 Å². The predicted molar refractivity (Wildman–Crippen MR) is 311 cm³/mol. The zero-order chi connectivity index (χ0) is 54.4. The second kappa shape index (κ2) is 21.3. The van der Waals surface area contributed by atoms with Crippen LogP contribution in [0.4, 0.5) is 0 Å². The number of benzene rings is 1. The Hall–Kier alpha value is -2.94. The van der Waals surface area contributed by atoms with Gasteiger partial charge in [0.25, 0.3) is 0 Å². The summed E-state index contributed by atoms with van der Waals surface area (Å²) in [5, 5.41) is 71.5. The van der Waals surface area contributed by atoms with Crippen molar-refractivity contribution >= 4 is 33.5 Å². The van der Waals surface area contributed by atoms with Gasteiger partial charge in [0.1, 0.15) is 12.2 Å². The standard InChI is InChI=1S/C64H91N5O8S2/c1-40(70)76-51-32-45(71)17-26-61-25-16-41-8-5-23-62(35-46(18-29-67-62)77-52-31-42(30-48(41)51)49(56(74)75)33-50(52)72)54-15-14-47(36-66-54)79-78-39-63(69-57(65)68-53(61)10-4-11-55(61)73)38-59-21-6-9-43(59)12-13-44(34-59)64(63)24-7-22-60(64)28-27-58(37-60)19-2-3-20-58/h4,10,12-13,31,33,41,43-48,51,53-56,66-67,71-75H,2-3,5-9,11,14-15,17-24,26-30,32,34-39H2,1H3,(H3,65,68,69)/t41-,43-,44+,45+,46+,47-,48+,51+,53-,54-,55+,59-,60+,61-,62+,63+,64+/m1/s1. The van der Waals surface area contributed by atoms with E-state index in [0.717, 1.165) is 63.8 Å². The van der Waals surface area contributed by atoms with Gasteiger partial charge in [-0.05, 0) is 181 Å². The molecule has 13 aliphatic rings. The van der Waals surface area contributed by atoms with Gasteiger partial charge in [0.05, 0.1) is 29.2 Å². The molecule has 79 heavy (non-hydrogen) atoms. The van der Waals surface area contributed by atoms with Crippen molar-refractivity contribution in [1.29, 1.82) is 0 Å². The minimum atomic E-state index is -1.91. The monoisotopic (exact) mass is 1120 g/mol. The number of aliphatic hydroxyl groups excluding tert-OH is 3. The first-order chi connectivity index (χ1) is 38.1. The van der Waals surface area contributed by atoms with Crippen LogP contribution < -0.4 is 26.4 Å². The fraction of sp³-hybridized carbons (Fsp3) is 0.781. The van der Waals surface area contributed by atoms with Gasteiger partial charge < -0.3 is 56.7 Å². The predicted octanol–water partition coefficient (Wildman–Crippen LogP) is 9.19. The summed E-state index contributed by atoms with van der Waals surface area (Å²) in [6, 6.07) is 2.68. The van der Waals surface area contributed by atoms with Crippen molar-refractivity contribution in [3.63, 3.8) is 0 Å². The fourth-order valence-corrected chi connectivity index (χ4v) is 24.0. The third-order valence-corrected chi connectivity index (χ3v) is 27.1. The zero-order valence-electron chi connectivity index (χ0n) is 46.9. The highest BCUT2D eigenvalue weighted by Crippen LogP contribution is 2.79. The maximum Gasteiger partial charge on any atom is 0.302 e. The summed E-state index contributed by atoms with van der Waals surface area (Å²) in [5.41, 5.74) is 7.47. The maximum absolute atomic E-state index is 13.2. The van der Waals surface area contributed by atoms with E-state index in [2.05, 4.69) is 67.6 Å². The van der Waals surface area contributed by atoms with E-state index in [4.69, 9.17) is 20.2 Å². The molecule has 0 radical (unpaired) electrons. The summed E-state index contributed by atoms with van der Waals surface area (Å²) in [5.74, 6) is 8.76. The Balaban J connectivity index is 0.979. The molecule has 7 fully saturated rings. The summed E-state index contributed by atoms with van der Waals surface area (Å²) < 4.78 is 13.1. The van der Waals surface area contributed by atoms with Gasteiger partial charge in [0.2, 0.25) is 0 Å². The number of nitrogens with one attached hydrogen (secondary N) is 3. The summed E-state index contributed by atoms with van der Waals surface area (Å²) >= 11 is 0. The number of carbonyl (C=O) groups is 1. The van der Waals surface area contributed by atoms with Crippen LogP contribution in [0.5, 0.6) is 11.5 Å². The van der Waals surface area contributed by atoms with Gasteiger partial charge in [0.15, 0.2) is 23.7 Å². The number of fused-ring (bicyclic) bond motifs is 11. The number of phenolic OH excluding ortho intramolecular Hbond substituents is 1. The highest BCUT2D eigenvalue weighted by Gasteiger charge is 2.75. The number of ether oxygens (including phenoxy) is 2. The third-order valence-electron chi connectivity index (χ3n) is 24.1. The molecule has 13 nitrogen and oxygen atoms in total. The first-order valence-corrected chi connectivity index (χ1v) is 33.7. The molecule has 5 aliphatic heterocycles. The zero-order valence-corrected chi connectivity index (χ0v) is 48.5. The minimum absolute atomic E-state index is 0.00821. The summed E-state index contributed by atoms with van der Waals surface area (Å²) in [4.78, 5) is 18.9.